The predicted molar refractivity (Wildman–Crippen MR) is 70.8 cm³/mol. The number of benzene rings is 1. The number of non-ortho nitro benzene ring substituents is 1. The summed E-state index contributed by atoms with van der Waals surface area (Å²) in [6, 6.07) is 13.3. The summed E-state index contributed by atoms with van der Waals surface area (Å²) in [6.07, 6.45) is 3.28. The van der Waals surface area contributed by atoms with Crippen molar-refractivity contribution in [2.24, 2.45) is 0 Å². The van der Waals surface area contributed by atoms with Crippen molar-refractivity contribution in [1.29, 1.82) is 5.26 Å². The molecule has 0 fully saturated rings. The van der Waals surface area contributed by atoms with E-state index >= 15 is 0 Å². The maximum Gasteiger partial charge on any atom is 0.269 e. The standard InChI is InChI=1S/C14H9N3O2/c15-10-12(9-13-3-1-2-8-16-13)11-4-6-14(7-5-11)17(18)19/h1-9H. The fourth-order valence-corrected chi connectivity index (χ4v) is 1.55. The maximum atomic E-state index is 10.6. The van der Waals surface area contributed by atoms with Gasteiger partial charge in [0.2, 0.25) is 0 Å². The van der Waals surface area contributed by atoms with Gasteiger partial charge in [0.1, 0.15) is 0 Å². The van der Waals surface area contributed by atoms with E-state index in [1.807, 2.05) is 6.07 Å². The van der Waals surface area contributed by atoms with E-state index in [0.29, 0.717) is 16.8 Å². The molecule has 0 radical (unpaired) electrons. The van der Waals surface area contributed by atoms with E-state index in [-0.39, 0.29) is 5.69 Å². The van der Waals surface area contributed by atoms with Gasteiger partial charge in [-0.25, -0.2) is 0 Å². The van der Waals surface area contributed by atoms with Crippen LogP contribution in [0.1, 0.15) is 11.3 Å². The number of aromatic nitrogens is 1. The largest absolute Gasteiger partial charge is 0.269 e. The van der Waals surface area contributed by atoms with Crippen molar-refractivity contribution in [1.82, 2.24) is 4.98 Å². The molecule has 5 heteroatoms. The maximum absolute atomic E-state index is 10.6. The van der Waals surface area contributed by atoms with E-state index in [2.05, 4.69) is 11.1 Å². The first kappa shape index (κ1) is 12.5. The molecule has 1 aromatic heterocycles. The summed E-state index contributed by atoms with van der Waals surface area (Å²) in [7, 11) is 0. The summed E-state index contributed by atoms with van der Waals surface area (Å²) in [6.45, 7) is 0. The number of nitriles is 1. The highest BCUT2D eigenvalue weighted by atomic mass is 16.6. The van der Waals surface area contributed by atoms with Crippen molar-refractivity contribution in [3.8, 4) is 6.07 Å². The van der Waals surface area contributed by atoms with Crippen LogP contribution < -0.4 is 0 Å². The van der Waals surface area contributed by atoms with Crippen molar-refractivity contribution in [3.05, 3.63) is 70.0 Å². The minimum absolute atomic E-state index is 0.00104. The molecule has 2 aromatic rings. The summed E-state index contributed by atoms with van der Waals surface area (Å²) < 4.78 is 0. The number of rotatable bonds is 3. The Kier molecular flexibility index (Phi) is 3.64. The molecule has 5 nitrogen and oxygen atoms in total. The van der Waals surface area contributed by atoms with Gasteiger partial charge in [0.05, 0.1) is 22.3 Å². The van der Waals surface area contributed by atoms with Crippen LogP contribution in [0.5, 0.6) is 0 Å². The second kappa shape index (κ2) is 5.56. The summed E-state index contributed by atoms with van der Waals surface area (Å²) in [5.74, 6) is 0. The van der Waals surface area contributed by atoms with E-state index in [1.54, 1.807) is 36.5 Å². The molecule has 0 unspecified atom stereocenters. The Bertz CT molecular complexity index is 655. The molecule has 0 aliphatic carbocycles. The molecule has 0 aliphatic heterocycles. The zero-order valence-corrected chi connectivity index (χ0v) is 9.85. The van der Waals surface area contributed by atoms with Crippen molar-refractivity contribution in [2.45, 2.75) is 0 Å². The second-order valence-corrected chi connectivity index (χ2v) is 3.73. The summed E-state index contributed by atoms with van der Waals surface area (Å²) in [4.78, 5) is 14.2. The highest BCUT2D eigenvalue weighted by Gasteiger charge is 2.06. The Balaban J connectivity index is 2.36. The van der Waals surface area contributed by atoms with E-state index in [4.69, 9.17) is 5.26 Å². The molecule has 19 heavy (non-hydrogen) atoms. The SMILES string of the molecule is N#CC(=Cc1ccccn1)c1ccc([N+](=O)[O-])cc1. The van der Waals surface area contributed by atoms with E-state index < -0.39 is 4.92 Å². The van der Waals surface area contributed by atoms with E-state index in [0.717, 1.165) is 0 Å². The Morgan fingerprint density at radius 3 is 2.53 bits per heavy atom. The summed E-state index contributed by atoms with van der Waals surface area (Å²) >= 11 is 0. The lowest BCUT2D eigenvalue weighted by molar-refractivity contribution is -0.384. The molecule has 0 spiro atoms. The minimum atomic E-state index is -0.474. The van der Waals surface area contributed by atoms with Gasteiger partial charge in [-0.15, -0.1) is 0 Å². The number of hydrogen-bond donors (Lipinski definition) is 0. The zero-order chi connectivity index (χ0) is 13.7. The molecule has 0 aliphatic rings. The highest BCUT2D eigenvalue weighted by molar-refractivity contribution is 5.89. The molecule has 92 valence electrons. The summed E-state index contributed by atoms with van der Waals surface area (Å²) in [5, 5.41) is 19.7. The van der Waals surface area contributed by atoms with E-state index in [9.17, 15) is 10.1 Å². The van der Waals surface area contributed by atoms with Gasteiger partial charge >= 0.3 is 0 Å². The lowest BCUT2D eigenvalue weighted by Gasteiger charge is -1.99. The van der Waals surface area contributed by atoms with Gasteiger partial charge in [-0.2, -0.15) is 5.26 Å². The third-order valence-corrected chi connectivity index (χ3v) is 2.49. The van der Waals surface area contributed by atoms with Crippen molar-refractivity contribution < 1.29 is 4.92 Å². The highest BCUT2D eigenvalue weighted by Crippen LogP contribution is 2.20. The van der Waals surface area contributed by atoms with E-state index in [1.165, 1.54) is 12.1 Å². The number of nitro benzene ring substituents is 1. The minimum Gasteiger partial charge on any atom is -0.258 e. The van der Waals surface area contributed by atoms with Crippen LogP contribution in [0.3, 0.4) is 0 Å². The first-order valence-corrected chi connectivity index (χ1v) is 5.48. The third kappa shape index (κ3) is 3.01. The monoisotopic (exact) mass is 251 g/mol. The molecule has 0 saturated heterocycles. The average Bonchev–Trinajstić information content (AvgIpc) is 2.46. The number of nitrogens with zero attached hydrogens (tertiary/aromatic N) is 3. The normalized spacial score (nSPS) is 10.8. The lowest BCUT2D eigenvalue weighted by atomic mass is 10.1. The molecular weight excluding hydrogens is 242 g/mol. The third-order valence-electron chi connectivity index (χ3n) is 2.49. The molecule has 0 bridgehead atoms. The molecule has 0 saturated carbocycles. The topological polar surface area (TPSA) is 79.8 Å². The van der Waals surface area contributed by atoms with Crippen LogP contribution in [0.2, 0.25) is 0 Å². The van der Waals surface area contributed by atoms with Gasteiger partial charge in [-0.1, -0.05) is 6.07 Å². The smallest absolute Gasteiger partial charge is 0.258 e. The Morgan fingerprint density at radius 1 is 1.26 bits per heavy atom. The fourth-order valence-electron chi connectivity index (χ4n) is 1.55. The summed E-state index contributed by atoms with van der Waals surface area (Å²) in [5.41, 5.74) is 1.70. The van der Waals surface area contributed by atoms with Gasteiger partial charge in [-0.05, 0) is 35.9 Å². The molecule has 0 atom stereocenters. The van der Waals surface area contributed by atoms with Gasteiger partial charge in [-0.3, -0.25) is 15.1 Å². The van der Waals surface area contributed by atoms with Gasteiger partial charge in [0.15, 0.2) is 0 Å². The number of hydrogen-bond acceptors (Lipinski definition) is 4. The van der Waals surface area contributed by atoms with Crippen molar-refractivity contribution in [2.75, 3.05) is 0 Å². The molecule has 2 rings (SSSR count). The first-order chi connectivity index (χ1) is 9.20. The molecule has 0 N–H and O–H groups in total. The van der Waals surface area contributed by atoms with Crippen LogP contribution in [0.4, 0.5) is 5.69 Å². The first-order valence-electron chi connectivity index (χ1n) is 5.48. The van der Waals surface area contributed by atoms with Crippen molar-refractivity contribution >= 4 is 17.3 Å². The Morgan fingerprint density at radius 2 is 2.00 bits per heavy atom. The van der Waals surface area contributed by atoms with Crippen LogP contribution in [0.15, 0.2) is 48.7 Å². The van der Waals surface area contributed by atoms with Crippen LogP contribution in [0, 0.1) is 21.4 Å². The quantitative estimate of drug-likeness (QED) is 0.477. The van der Waals surface area contributed by atoms with Crippen molar-refractivity contribution in [3.63, 3.8) is 0 Å². The van der Waals surface area contributed by atoms with Gasteiger partial charge in [0, 0.05) is 18.3 Å². The van der Waals surface area contributed by atoms with Crippen LogP contribution >= 0.6 is 0 Å². The van der Waals surface area contributed by atoms with Gasteiger partial charge in [0.25, 0.3) is 5.69 Å². The average molecular weight is 251 g/mol. The second-order valence-electron chi connectivity index (χ2n) is 3.73. The molecule has 1 aromatic carbocycles. The lowest BCUT2D eigenvalue weighted by Crippen LogP contribution is -1.89. The van der Waals surface area contributed by atoms with Crippen LogP contribution in [-0.2, 0) is 0 Å². The Hall–Kier alpha value is -3.00. The number of allylic oxidation sites excluding steroid dienone is 1. The number of pyridine rings is 1. The molecule has 0 amide bonds. The van der Waals surface area contributed by atoms with Gasteiger partial charge < -0.3 is 0 Å². The zero-order valence-electron chi connectivity index (χ0n) is 9.85. The number of nitro groups is 1. The predicted octanol–water partition coefficient (Wildman–Crippen LogP) is 3.05. The van der Waals surface area contributed by atoms with Crippen LogP contribution in [0.25, 0.3) is 11.6 Å². The molecular formula is C14H9N3O2. The Labute approximate surface area is 109 Å². The molecule has 1 heterocycles. The van der Waals surface area contributed by atoms with Crippen LogP contribution in [-0.4, -0.2) is 9.91 Å². The fraction of sp³-hybridized carbons (Fsp3) is 0.